The van der Waals surface area contributed by atoms with Crippen LogP contribution in [-0.4, -0.2) is 48.9 Å². The highest BCUT2D eigenvalue weighted by atomic mass is 16.8. The van der Waals surface area contributed by atoms with Crippen molar-refractivity contribution in [3.63, 3.8) is 0 Å². The molecular formula is C20H28O6. The molecule has 0 N–H and O–H groups in total. The van der Waals surface area contributed by atoms with E-state index >= 15 is 0 Å². The van der Waals surface area contributed by atoms with Crippen LogP contribution in [0.15, 0.2) is 30.3 Å². The summed E-state index contributed by atoms with van der Waals surface area (Å²) in [5.74, 6) is -1.25. The van der Waals surface area contributed by atoms with Crippen molar-refractivity contribution in [2.24, 2.45) is 0 Å². The van der Waals surface area contributed by atoms with Crippen LogP contribution in [0.1, 0.15) is 39.7 Å². The Morgan fingerprint density at radius 3 is 2.50 bits per heavy atom. The molecule has 6 atom stereocenters. The van der Waals surface area contributed by atoms with E-state index in [2.05, 4.69) is 0 Å². The number of benzene rings is 1. The number of hydrogen-bond donors (Lipinski definition) is 0. The van der Waals surface area contributed by atoms with Gasteiger partial charge in [0.15, 0.2) is 17.9 Å². The fraction of sp³-hybridized carbons (Fsp3) is 0.700. The molecule has 0 bridgehead atoms. The zero-order valence-electron chi connectivity index (χ0n) is 15.8. The van der Waals surface area contributed by atoms with E-state index in [9.17, 15) is 0 Å². The summed E-state index contributed by atoms with van der Waals surface area (Å²) in [7, 11) is 0. The second kappa shape index (κ2) is 6.86. The van der Waals surface area contributed by atoms with Gasteiger partial charge in [0, 0.05) is 0 Å². The van der Waals surface area contributed by atoms with Crippen LogP contribution in [0, 0.1) is 0 Å². The van der Waals surface area contributed by atoms with Crippen LogP contribution in [0.25, 0.3) is 0 Å². The lowest BCUT2D eigenvalue weighted by Gasteiger charge is -2.29. The summed E-state index contributed by atoms with van der Waals surface area (Å²) in [6.45, 7) is 8.74. The smallest absolute Gasteiger partial charge is 0.190 e. The van der Waals surface area contributed by atoms with E-state index in [0.717, 1.165) is 12.0 Å². The Morgan fingerprint density at radius 2 is 1.81 bits per heavy atom. The average Bonchev–Trinajstić information content (AvgIpc) is 3.24. The molecule has 1 aromatic carbocycles. The van der Waals surface area contributed by atoms with Crippen molar-refractivity contribution >= 4 is 0 Å². The topological polar surface area (TPSA) is 55.4 Å². The molecule has 1 aromatic rings. The van der Waals surface area contributed by atoms with Gasteiger partial charge < -0.3 is 28.4 Å². The van der Waals surface area contributed by atoms with Crippen molar-refractivity contribution in [3.8, 4) is 0 Å². The van der Waals surface area contributed by atoms with Crippen LogP contribution >= 0.6 is 0 Å². The van der Waals surface area contributed by atoms with E-state index in [0.29, 0.717) is 13.2 Å². The third kappa shape index (κ3) is 3.54. The molecule has 4 rings (SSSR count). The molecule has 0 saturated carbocycles. The van der Waals surface area contributed by atoms with E-state index in [1.807, 2.05) is 58.0 Å². The molecule has 26 heavy (non-hydrogen) atoms. The molecule has 3 saturated heterocycles. The van der Waals surface area contributed by atoms with Crippen LogP contribution < -0.4 is 0 Å². The largest absolute Gasteiger partial charge is 0.368 e. The molecule has 0 radical (unpaired) electrons. The molecule has 144 valence electrons. The van der Waals surface area contributed by atoms with Gasteiger partial charge in [-0.25, -0.2) is 0 Å². The zero-order chi connectivity index (χ0) is 18.4. The second-order valence-corrected chi connectivity index (χ2v) is 7.79. The standard InChI is InChI=1S/C20H28O6/c1-5-20(4)22-12-14(24-20)15-16(21-11-13-9-7-6-8-10-13)17-18(23-15)26-19(2,3)25-17/h6-10,14-18H,5,11-12H2,1-4H3/t14-,15-,16-,17-,18-,20?/m1/s1. The maximum absolute atomic E-state index is 6.26. The van der Waals surface area contributed by atoms with Crippen molar-refractivity contribution < 1.29 is 28.4 Å². The van der Waals surface area contributed by atoms with Gasteiger partial charge >= 0.3 is 0 Å². The van der Waals surface area contributed by atoms with Crippen molar-refractivity contribution in [2.75, 3.05) is 6.61 Å². The average molecular weight is 364 g/mol. The van der Waals surface area contributed by atoms with Crippen molar-refractivity contribution in [3.05, 3.63) is 35.9 Å². The molecule has 3 fully saturated rings. The highest BCUT2D eigenvalue weighted by Gasteiger charge is 2.59. The predicted octanol–water partition coefficient (Wildman–Crippen LogP) is 2.99. The molecule has 3 aliphatic rings. The first-order chi connectivity index (χ1) is 12.4. The first-order valence-electron chi connectivity index (χ1n) is 9.37. The van der Waals surface area contributed by atoms with Crippen molar-refractivity contribution in [2.45, 2.75) is 83.0 Å². The highest BCUT2D eigenvalue weighted by Crippen LogP contribution is 2.42. The van der Waals surface area contributed by atoms with Gasteiger partial charge in [0.2, 0.25) is 0 Å². The predicted molar refractivity (Wildman–Crippen MR) is 93.2 cm³/mol. The summed E-state index contributed by atoms with van der Waals surface area (Å²) in [6, 6.07) is 10.1. The van der Waals surface area contributed by atoms with Crippen LogP contribution in [0.4, 0.5) is 0 Å². The minimum atomic E-state index is -0.681. The molecule has 3 heterocycles. The Labute approximate surface area is 154 Å². The van der Waals surface area contributed by atoms with Gasteiger partial charge in [-0.05, 0) is 32.8 Å². The number of rotatable bonds is 5. The summed E-state index contributed by atoms with van der Waals surface area (Å²) in [5.41, 5.74) is 1.11. The molecule has 6 heteroatoms. The summed E-state index contributed by atoms with van der Waals surface area (Å²) >= 11 is 0. The molecule has 3 aliphatic heterocycles. The maximum atomic E-state index is 6.26. The first-order valence-corrected chi connectivity index (χ1v) is 9.37. The van der Waals surface area contributed by atoms with E-state index in [1.165, 1.54) is 0 Å². The number of fused-ring (bicyclic) bond motifs is 1. The number of ether oxygens (including phenoxy) is 6. The molecule has 6 nitrogen and oxygen atoms in total. The van der Waals surface area contributed by atoms with Gasteiger partial charge in [0.25, 0.3) is 0 Å². The first kappa shape index (κ1) is 18.3. The molecule has 0 aromatic heterocycles. The SMILES string of the molecule is CCC1(C)OC[C@H]([C@H]2O[C@@H]3OC(C)(C)O[C@@H]3[C@@H]2OCc2ccccc2)O1. The van der Waals surface area contributed by atoms with Crippen molar-refractivity contribution in [1.29, 1.82) is 0 Å². The lowest BCUT2D eigenvalue weighted by atomic mass is 10.1. The summed E-state index contributed by atoms with van der Waals surface area (Å²) < 4.78 is 36.4. The number of hydrogen-bond acceptors (Lipinski definition) is 6. The van der Waals surface area contributed by atoms with Gasteiger partial charge in [-0.1, -0.05) is 37.3 Å². The Morgan fingerprint density at radius 1 is 1.04 bits per heavy atom. The molecule has 0 aliphatic carbocycles. The quantitative estimate of drug-likeness (QED) is 0.801. The third-order valence-electron chi connectivity index (χ3n) is 5.27. The summed E-state index contributed by atoms with van der Waals surface area (Å²) in [5, 5.41) is 0. The van der Waals surface area contributed by atoms with Gasteiger partial charge in [-0.2, -0.15) is 0 Å². The molecular weight excluding hydrogens is 336 g/mol. The lowest BCUT2D eigenvalue weighted by molar-refractivity contribution is -0.238. The van der Waals surface area contributed by atoms with Crippen LogP contribution in [0.2, 0.25) is 0 Å². The minimum Gasteiger partial charge on any atom is -0.368 e. The van der Waals surface area contributed by atoms with Gasteiger partial charge in [-0.3, -0.25) is 0 Å². The third-order valence-corrected chi connectivity index (χ3v) is 5.27. The Kier molecular flexibility index (Phi) is 4.84. The van der Waals surface area contributed by atoms with Crippen LogP contribution in [0.5, 0.6) is 0 Å². The molecule has 0 spiro atoms. The van der Waals surface area contributed by atoms with Gasteiger partial charge in [0.1, 0.15) is 24.4 Å². The van der Waals surface area contributed by atoms with Crippen molar-refractivity contribution in [1.82, 2.24) is 0 Å². The second-order valence-electron chi connectivity index (χ2n) is 7.79. The monoisotopic (exact) mass is 364 g/mol. The van der Waals surface area contributed by atoms with Gasteiger partial charge in [-0.15, -0.1) is 0 Å². The molecule has 0 amide bonds. The summed E-state index contributed by atoms with van der Waals surface area (Å²) in [4.78, 5) is 0. The zero-order valence-corrected chi connectivity index (χ0v) is 15.8. The van der Waals surface area contributed by atoms with Gasteiger partial charge in [0.05, 0.1) is 13.2 Å². The lowest BCUT2D eigenvalue weighted by Crippen LogP contribution is -2.44. The fourth-order valence-corrected chi connectivity index (χ4v) is 3.75. The van der Waals surface area contributed by atoms with E-state index in [1.54, 1.807) is 0 Å². The molecule has 1 unspecified atom stereocenters. The summed E-state index contributed by atoms with van der Waals surface area (Å²) in [6.07, 6.45) is -0.739. The van der Waals surface area contributed by atoms with E-state index in [-0.39, 0.29) is 24.4 Å². The Hall–Kier alpha value is -1.02. The van der Waals surface area contributed by atoms with Crippen LogP contribution in [0.3, 0.4) is 0 Å². The minimum absolute atomic E-state index is 0.207. The van der Waals surface area contributed by atoms with E-state index in [4.69, 9.17) is 28.4 Å². The highest BCUT2D eigenvalue weighted by molar-refractivity contribution is 5.13. The Balaban J connectivity index is 1.49. The fourth-order valence-electron chi connectivity index (χ4n) is 3.75. The normalized spacial score (nSPS) is 41.5. The van der Waals surface area contributed by atoms with Crippen LogP contribution in [-0.2, 0) is 35.0 Å². The van der Waals surface area contributed by atoms with E-state index < -0.39 is 17.9 Å². The Bertz CT molecular complexity index is 620. The maximum Gasteiger partial charge on any atom is 0.190 e.